The molecular weight excluding hydrogens is 645 g/mol. The molecule has 8 aromatic carbocycles. The molecule has 0 N–H and O–H groups in total. The molecule has 1 aliphatic rings. The highest BCUT2D eigenvalue weighted by Crippen LogP contribution is 2.51. The summed E-state index contributed by atoms with van der Waals surface area (Å²) in [7, 11) is 0. The van der Waals surface area contributed by atoms with Gasteiger partial charge in [-0.2, -0.15) is 0 Å². The van der Waals surface area contributed by atoms with Gasteiger partial charge in [-0.3, -0.25) is 0 Å². The number of rotatable bonds is 6. The summed E-state index contributed by atoms with van der Waals surface area (Å²) in [5.74, 6) is 0.631. The molecule has 252 valence electrons. The summed E-state index contributed by atoms with van der Waals surface area (Å²) in [4.78, 5) is 7.29. The van der Waals surface area contributed by atoms with Crippen molar-refractivity contribution >= 4 is 38.9 Å². The molecule has 1 aliphatic carbocycles. The molecule has 0 spiro atoms. The van der Waals surface area contributed by atoms with Crippen LogP contribution < -0.4 is 4.90 Å². The number of oxazole rings is 1. The zero-order valence-electron chi connectivity index (χ0n) is 29.6. The van der Waals surface area contributed by atoms with E-state index in [-0.39, 0.29) is 5.41 Å². The molecule has 0 fully saturated rings. The number of benzene rings is 8. The Labute approximate surface area is 309 Å². The fourth-order valence-electron chi connectivity index (χ4n) is 8.28. The Hall–Kier alpha value is -6.71. The second-order valence-electron chi connectivity index (χ2n) is 14.4. The van der Waals surface area contributed by atoms with Gasteiger partial charge in [0.1, 0.15) is 5.52 Å². The van der Waals surface area contributed by atoms with Crippen molar-refractivity contribution in [2.75, 3.05) is 4.90 Å². The minimum absolute atomic E-state index is 0.114. The maximum Gasteiger partial charge on any atom is 0.227 e. The van der Waals surface area contributed by atoms with Crippen LogP contribution in [0.3, 0.4) is 0 Å². The van der Waals surface area contributed by atoms with Crippen molar-refractivity contribution in [3.05, 3.63) is 193 Å². The summed E-state index contributed by atoms with van der Waals surface area (Å²) in [5, 5.41) is 2.19. The van der Waals surface area contributed by atoms with Crippen LogP contribution in [0.15, 0.2) is 186 Å². The van der Waals surface area contributed by atoms with Crippen LogP contribution in [-0.2, 0) is 5.41 Å². The van der Waals surface area contributed by atoms with Crippen LogP contribution in [0.1, 0.15) is 25.0 Å². The second-order valence-corrected chi connectivity index (χ2v) is 14.4. The monoisotopic (exact) mass is 680 g/mol. The largest absolute Gasteiger partial charge is 0.435 e. The maximum absolute atomic E-state index is 6.52. The Bertz CT molecular complexity index is 2800. The third-order valence-corrected chi connectivity index (χ3v) is 10.9. The van der Waals surface area contributed by atoms with Gasteiger partial charge < -0.3 is 9.32 Å². The van der Waals surface area contributed by atoms with E-state index in [9.17, 15) is 0 Å². The van der Waals surface area contributed by atoms with E-state index in [0.717, 1.165) is 55.6 Å². The van der Waals surface area contributed by atoms with E-state index in [0.29, 0.717) is 5.89 Å². The molecule has 0 saturated heterocycles. The molecule has 0 saturated carbocycles. The van der Waals surface area contributed by atoms with Crippen molar-refractivity contribution < 1.29 is 4.42 Å². The highest BCUT2D eigenvalue weighted by molar-refractivity contribution is 6.11. The molecule has 0 aliphatic heterocycles. The van der Waals surface area contributed by atoms with E-state index in [2.05, 4.69) is 170 Å². The van der Waals surface area contributed by atoms with Crippen LogP contribution in [-0.4, -0.2) is 4.98 Å². The van der Waals surface area contributed by atoms with Crippen molar-refractivity contribution in [1.29, 1.82) is 0 Å². The number of hydrogen-bond acceptors (Lipinski definition) is 3. The summed E-state index contributed by atoms with van der Waals surface area (Å²) in [5.41, 5.74) is 15.8. The first-order valence-corrected chi connectivity index (χ1v) is 18.2. The van der Waals surface area contributed by atoms with E-state index < -0.39 is 0 Å². The third kappa shape index (κ3) is 5.08. The van der Waals surface area contributed by atoms with Gasteiger partial charge in [0.25, 0.3) is 0 Å². The van der Waals surface area contributed by atoms with Gasteiger partial charge in [0, 0.05) is 33.3 Å². The molecule has 0 atom stereocenters. The van der Waals surface area contributed by atoms with Crippen LogP contribution in [0.5, 0.6) is 0 Å². The lowest BCUT2D eigenvalue weighted by Gasteiger charge is -2.30. The molecule has 0 bridgehead atoms. The van der Waals surface area contributed by atoms with Gasteiger partial charge in [0.15, 0.2) is 5.58 Å². The highest BCUT2D eigenvalue weighted by Gasteiger charge is 2.36. The average Bonchev–Trinajstić information content (AvgIpc) is 3.76. The summed E-state index contributed by atoms with van der Waals surface area (Å²) in [6, 6.07) is 65.0. The van der Waals surface area contributed by atoms with E-state index in [1.54, 1.807) is 0 Å². The van der Waals surface area contributed by atoms with Crippen LogP contribution in [0.25, 0.3) is 66.7 Å². The maximum atomic E-state index is 6.52. The summed E-state index contributed by atoms with van der Waals surface area (Å²) < 4.78 is 6.52. The highest BCUT2D eigenvalue weighted by atomic mass is 16.3. The lowest BCUT2D eigenvalue weighted by molar-refractivity contribution is 0.623. The zero-order valence-corrected chi connectivity index (χ0v) is 29.6. The lowest BCUT2D eigenvalue weighted by Crippen LogP contribution is -2.16. The number of nitrogens with zero attached hydrogens (tertiary/aromatic N) is 2. The van der Waals surface area contributed by atoms with Gasteiger partial charge in [-0.1, -0.05) is 147 Å². The molecule has 10 rings (SSSR count). The van der Waals surface area contributed by atoms with Gasteiger partial charge in [-0.25, -0.2) is 4.98 Å². The molecule has 0 unspecified atom stereocenters. The number of aromatic nitrogens is 1. The van der Waals surface area contributed by atoms with Gasteiger partial charge in [0.2, 0.25) is 5.89 Å². The number of para-hydroxylation sites is 1. The Morgan fingerprint density at radius 2 is 1.09 bits per heavy atom. The quantitative estimate of drug-likeness (QED) is 0.175. The first-order chi connectivity index (χ1) is 26.0. The average molecular weight is 681 g/mol. The molecule has 1 aromatic heterocycles. The summed E-state index contributed by atoms with van der Waals surface area (Å²) in [6.45, 7) is 4.69. The predicted octanol–water partition coefficient (Wildman–Crippen LogP) is 13.8. The van der Waals surface area contributed by atoms with E-state index >= 15 is 0 Å². The Balaban J connectivity index is 1.13. The van der Waals surface area contributed by atoms with E-state index in [4.69, 9.17) is 9.40 Å². The van der Waals surface area contributed by atoms with E-state index in [1.165, 1.54) is 33.4 Å². The van der Waals surface area contributed by atoms with E-state index in [1.807, 2.05) is 30.3 Å². The molecule has 0 radical (unpaired) electrons. The smallest absolute Gasteiger partial charge is 0.227 e. The normalized spacial score (nSPS) is 12.9. The topological polar surface area (TPSA) is 29.3 Å². The first kappa shape index (κ1) is 31.1. The van der Waals surface area contributed by atoms with Crippen molar-refractivity contribution in [2.24, 2.45) is 0 Å². The SMILES string of the molecule is CC1(C)c2ccccc2-c2ccc(N(c3ccc(-c4cccc5ccc6nc(-c7ccccc7)oc6c45)cc3)c3ccccc3-c3ccccc3)cc21. The number of fused-ring (bicyclic) bond motifs is 6. The van der Waals surface area contributed by atoms with Crippen molar-refractivity contribution in [2.45, 2.75) is 19.3 Å². The third-order valence-electron chi connectivity index (χ3n) is 10.9. The fraction of sp³-hybridized carbons (Fsp3) is 0.0600. The van der Waals surface area contributed by atoms with Crippen LogP contribution in [0.4, 0.5) is 17.1 Å². The standard InChI is InChI=1S/C50H36N2O/c1-50(2)43-22-11-9-20-41(43)42-30-29-38(32-44(42)50)52(46-23-12-10-19-39(46)33-14-5-3-6-15-33)37-27-24-34(25-28-37)40-21-13-18-35-26-31-45-48(47(35)40)53-49(51-45)36-16-7-4-8-17-36/h3-32H,1-2H3. The Kier molecular flexibility index (Phi) is 7.16. The Morgan fingerprint density at radius 1 is 0.472 bits per heavy atom. The number of anilines is 3. The first-order valence-electron chi connectivity index (χ1n) is 18.2. The molecule has 3 nitrogen and oxygen atoms in total. The van der Waals surface area contributed by atoms with Gasteiger partial charge >= 0.3 is 0 Å². The van der Waals surface area contributed by atoms with Gasteiger partial charge in [-0.15, -0.1) is 0 Å². The fourth-order valence-corrected chi connectivity index (χ4v) is 8.28. The minimum Gasteiger partial charge on any atom is -0.435 e. The van der Waals surface area contributed by atoms with Gasteiger partial charge in [0.05, 0.1) is 5.69 Å². The van der Waals surface area contributed by atoms with Crippen molar-refractivity contribution in [3.63, 3.8) is 0 Å². The predicted molar refractivity (Wildman–Crippen MR) is 220 cm³/mol. The van der Waals surface area contributed by atoms with Gasteiger partial charge in [-0.05, 0) is 92.9 Å². The van der Waals surface area contributed by atoms with Crippen LogP contribution >= 0.6 is 0 Å². The zero-order chi connectivity index (χ0) is 35.5. The minimum atomic E-state index is -0.114. The molecular formula is C50H36N2O. The van der Waals surface area contributed by atoms with Crippen LogP contribution in [0.2, 0.25) is 0 Å². The lowest BCUT2D eigenvalue weighted by atomic mass is 9.82. The molecule has 9 aromatic rings. The summed E-state index contributed by atoms with van der Waals surface area (Å²) in [6.07, 6.45) is 0. The second kappa shape index (κ2) is 12.2. The molecule has 53 heavy (non-hydrogen) atoms. The summed E-state index contributed by atoms with van der Waals surface area (Å²) >= 11 is 0. The molecule has 1 heterocycles. The number of hydrogen-bond donors (Lipinski definition) is 0. The molecule has 3 heteroatoms. The van der Waals surface area contributed by atoms with Crippen molar-refractivity contribution in [3.8, 4) is 44.8 Å². The molecule has 0 amide bonds. The Morgan fingerprint density at radius 3 is 1.89 bits per heavy atom. The van der Waals surface area contributed by atoms with Crippen molar-refractivity contribution in [1.82, 2.24) is 4.98 Å². The van der Waals surface area contributed by atoms with Crippen LogP contribution in [0, 0.1) is 0 Å².